The number of benzene rings is 1. The minimum Gasteiger partial charge on any atom is -0.468 e. The average molecular weight is 219 g/mol. The zero-order valence-electron chi connectivity index (χ0n) is 8.35. The Bertz CT molecular complexity index is 411. The van der Waals surface area contributed by atoms with Crippen molar-refractivity contribution >= 4 is 11.8 Å². The highest BCUT2D eigenvalue weighted by atomic mass is 32.2. The van der Waals surface area contributed by atoms with Gasteiger partial charge in [0, 0.05) is 11.4 Å². The van der Waals surface area contributed by atoms with E-state index >= 15 is 0 Å². The second kappa shape index (κ2) is 5.05. The van der Waals surface area contributed by atoms with Gasteiger partial charge in [-0.25, -0.2) is 0 Å². The molecule has 1 aromatic carbocycles. The van der Waals surface area contributed by atoms with Crippen LogP contribution >= 0.6 is 11.8 Å². The summed E-state index contributed by atoms with van der Waals surface area (Å²) in [4.78, 5) is 1.23. The number of furan rings is 1. The molecule has 0 bridgehead atoms. The number of thioether (sulfide) groups is 1. The summed E-state index contributed by atoms with van der Waals surface area (Å²) in [5, 5.41) is 0. The molecule has 0 fully saturated rings. The van der Waals surface area contributed by atoms with Gasteiger partial charge in [-0.05, 0) is 23.8 Å². The molecule has 0 saturated carbocycles. The molecule has 78 valence electrons. The Balaban J connectivity index is 2.04. The molecule has 1 aromatic heterocycles. The molecule has 2 N–H and O–H groups in total. The first-order chi connectivity index (χ1) is 7.40. The van der Waals surface area contributed by atoms with E-state index in [4.69, 9.17) is 10.2 Å². The molecule has 0 aliphatic rings. The lowest BCUT2D eigenvalue weighted by Gasteiger charge is -2.05. The van der Waals surface area contributed by atoms with E-state index in [0.29, 0.717) is 6.54 Å². The highest BCUT2D eigenvalue weighted by Crippen LogP contribution is 2.25. The molecule has 1 heterocycles. The Hall–Kier alpha value is -1.19. The van der Waals surface area contributed by atoms with Crippen molar-refractivity contribution < 1.29 is 4.42 Å². The van der Waals surface area contributed by atoms with Gasteiger partial charge in [-0.1, -0.05) is 18.2 Å². The van der Waals surface area contributed by atoms with Gasteiger partial charge in [-0.15, -0.1) is 11.8 Å². The molecule has 0 amide bonds. The quantitative estimate of drug-likeness (QED) is 0.803. The molecule has 0 spiro atoms. The fourth-order valence-corrected chi connectivity index (χ4v) is 2.33. The summed E-state index contributed by atoms with van der Waals surface area (Å²) in [6.07, 6.45) is 1.70. The molecular formula is C12H13NOS. The summed E-state index contributed by atoms with van der Waals surface area (Å²) in [5.41, 5.74) is 6.85. The molecule has 0 radical (unpaired) electrons. The smallest absolute Gasteiger partial charge is 0.113 e. The molecule has 0 aliphatic carbocycles. The summed E-state index contributed by atoms with van der Waals surface area (Å²) >= 11 is 1.76. The fraction of sp³-hybridized carbons (Fsp3) is 0.167. The van der Waals surface area contributed by atoms with Gasteiger partial charge in [-0.3, -0.25) is 0 Å². The Morgan fingerprint density at radius 3 is 2.73 bits per heavy atom. The van der Waals surface area contributed by atoms with Crippen molar-refractivity contribution in [1.29, 1.82) is 0 Å². The molecule has 2 aromatic rings. The Morgan fingerprint density at radius 2 is 2.00 bits per heavy atom. The molecule has 2 nitrogen and oxygen atoms in total. The fourth-order valence-electron chi connectivity index (χ4n) is 1.36. The topological polar surface area (TPSA) is 39.2 Å². The third kappa shape index (κ3) is 2.64. The van der Waals surface area contributed by atoms with Gasteiger partial charge in [-0.2, -0.15) is 0 Å². The van der Waals surface area contributed by atoms with Crippen molar-refractivity contribution in [2.45, 2.75) is 17.2 Å². The third-order valence-electron chi connectivity index (χ3n) is 2.14. The van der Waals surface area contributed by atoms with E-state index in [0.717, 1.165) is 11.5 Å². The molecule has 0 atom stereocenters. The Labute approximate surface area is 93.5 Å². The highest BCUT2D eigenvalue weighted by Gasteiger charge is 2.02. The number of nitrogens with two attached hydrogens (primary N) is 1. The molecular weight excluding hydrogens is 206 g/mol. The van der Waals surface area contributed by atoms with E-state index in [2.05, 4.69) is 12.1 Å². The van der Waals surface area contributed by atoms with Crippen LogP contribution in [0.15, 0.2) is 52.0 Å². The molecule has 2 rings (SSSR count). The normalized spacial score (nSPS) is 10.5. The summed E-state index contributed by atoms with van der Waals surface area (Å²) in [6.45, 7) is 0.585. The van der Waals surface area contributed by atoms with Gasteiger partial charge in [0.15, 0.2) is 0 Å². The van der Waals surface area contributed by atoms with Crippen molar-refractivity contribution in [3.8, 4) is 0 Å². The third-order valence-corrected chi connectivity index (χ3v) is 3.28. The van der Waals surface area contributed by atoms with Crippen LogP contribution in [0.1, 0.15) is 11.3 Å². The lowest BCUT2D eigenvalue weighted by molar-refractivity contribution is 0.530. The van der Waals surface area contributed by atoms with Crippen LogP contribution in [0, 0.1) is 0 Å². The van der Waals surface area contributed by atoms with Gasteiger partial charge >= 0.3 is 0 Å². The average Bonchev–Trinajstić information content (AvgIpc) is 2.79. The van der Waals surface area contributed by atoms with Gasteiger partial charge in [0.2, 0.25) is 0 Å². The first-order valence-electron chi connectivity index (χ1n) is 4.83. The summed E-state index contributed by atoms with van der Waals surface area (Å²) < 4.78 is 5.28. The van der Waals surface area contributed by atoms with Crippen LogP contribution < -0.4 is 5.73 Å². The van der Waals surface area contributed by atoms with E-state index in [1.54, 1.807) is 18.0 Å². The number of hydrogen-bond donors (Lipinski definition) is 1. The second-order valence-corrected chi connectivity index (χ2v) is 4.20. The van der Waals surface area contributed by atoms with Crippen LogP contribution in [-0.4, -0.2) is 0 Å². The largest absolute Gasteiger partial charge is 0.468 e. The second-order valence-electron chi connectivity index (χ2n) is 3.18. The van der Waals surface area contributed by atoms with Crippen LogP contribution in [0.3, 0.4) is 0 Å². The highest BCUT2D eigenvalue weighted by molar-refractivity contribution is 7.98. The zero-order chi connectivity index (χ0) is 10.5. The number of hydrogen-bond acceptors (Lipinski definition) is 3. The van der Waals surface area contributed by atoms with Crippen LogP contribution in [-0.2, 0) is 12.3 Å². The van der Waals surface area contributed by atoms with Gasteiger partial charge in [0.05, 0.1) is 12.0 Å². The van der Waals surface area contributed by atoms with Crippen LogP contribution in [0.2, 0.25) is 0 Å². The van der Waals surface area contributed by atoms with Crippen molar-refractivity contribution in [3.05, 3.63) is 54.0 Å². The van der Waals surface area contributed by atoms with Gasteiger partial charge < -0.3 is 10.2 Å². The maximum absolute atomic E-state index is 5.66. The van der Waals surface area contributed by atoms with Gasteiger partial charge in [0.25, 0.3) is 0 Å². The van der Waals surface area contributed by atoms with Crippen molar-refractivity contribution in [2.24, 2.45) is 5.73 Å². The summed E-state index contributed by atoms with van der Waals surface area (Å²) in [7, 11) is 0. The monoisotopic (exact) mass is 219 g/mol. The summed E-state index contributed by atoms with van der Waals surface area (Å²) in [5.74, 6) is 1.84. The first kappa shape index (κ1) is 10.3. The molecule has 3 heteroatoms. The van der Waals surface area contributed by atoms with Crippen LogP contribution in [0.25, 0.3) is 0 Å². The van der Waals surface area contributed by atoms with E-state index in [9.17, 15) is 0 Å². The Kier molecular flexibility index (Phi) is 3.48. The lowest BCUT2D eigenvalue weighted by atomic mass is 10.2. The van der Waals surface area contributed by atoms with E-state index < -0.39 is 0 Å². The zero-order valence-corrected chi connectivity index (χ0v) is 9.17. The van der Waals surface area contributed by atoms with Gasteiger partial charge in [0.1, 0.15) is 5.76 Å². The summed E-state index contributed by atoms with van der Waals surface area (Å²) in [6, 6.07) is 12.1. The van der Waals surface area contributed by atoms with Crippen molar-refractivity contribution in [2.75, 3.05) is 0 Å². The molecule has 0 unspecified atom stereocenters. The number of rotatable bonds is 4. The van der Waals surface area contributed by atoms with Crippen LogP contribution in [0.5, 0.6) is 0 Å². The molecule has 15 heavy (non-hydrogen) atoms. The van der Waals surface area contributed by atoms with Crippen LogP contribution in [0.4, 0.5) is 0 Å². The minimum atomic E-state index is 0.585. The minimum absolute atomic E-state index is 0.585. The van der Waals surface area contributed by atoms with Crippen molar-refractivity contribution in [3.63, 3.8) is 0 Å². The predicted octanol–water partition coefficient (Wildman–Crippen LogP) is 3.03. The Morgan fingerprint density at radius 1 is 1.13 bits per heavy atom. The predicted molar refractivity (Wildman–Crippen MR) is 62.6 cm³/mol. The molecule has 0 saturated heterocycles. The van der Waals surface area contributed by atoms with E-state index in [1.807, 2.05) is 24.3 Å². The van der Waals surface area contributed by atoms with E-state index in [-0.39, 0.29) is 0 Å². The maximum Gasteiger partial charge on any atom is 0.113 e. The first-order valence-corrected chi connectivity index (χ1v) is 5.82. The molecule has 0 aliphatic heterocycles. The van der Waals surface area contributed by atoms with Crippen molar-refractivity contribution in [1.82, 2.24) is 0 Å². The standard InChI is InChI=1S/C12H13NOS/c13-8-10-4-1-2-6-12(10)15-9-11-5-3-7-14-11/h1-7H,8-9,13H2. The van der Waals surface area contributed by atoms with E-state index in [1.165, 1.54) is 10.5 Å². The SMILES string of the molecule is NCc1ccccc1SCc1ccco1. The lowest BCUT2D eigenvalue weighted by Crippen LogP contribution is -1.97. The maximum atomic E-state index is 5.66.